The highest BCUT2D eigenvalue weighted by atomic mass is 32.1. The average Bonchev–Trinajstić information content (AvgIpc) is 3.87. The van der Waals surface area contributed by atoms with Gasteiger partial charge in [-0.25, -0.2) is 9.97 Å². The number of fused-ring (bicyclic) bond motifs is 8. The first-order valence-corrected chi connectivity index (χ1v) is 20.6. The molecule has 59 heavy (non-hydrogen) atoms. The van der Waals surface area contributed by atoms with Gasteiger partial charge in [-0.05, 0) is 87.3 Å². The number of benzene rings is 9. The fraction of sp³-hybridized carbons (Fsp3) is 0. The van der Waals surface area contributed by atoms with Crippen molar-refractivity contribution in [2.24, 2.45) is 0 Å². The van der Waals surface area contributed by atoms with E-state index < -0.39 is 0 Å². The highest BCUT2D eigenvalue weighted by Crippen LogP contribution is 2.44. The molecule has 0 aliphatic rings. The fourth-order valence-corrected chi connectivity index (χ4v) is 9.73. The Labute approximate surface area is 343 Å². The third-order valence-corrected chi connectivity index (χ3v) is 12.6. The molecule has 0 atom stereocenters. The van der Waals surface area contributed by atoms with Crippen molar-refractivity contribution in [1.82, 2.24) is 9.97 Å². The first-order chi connectivity index (χ1) is 29.2. The summed E-state index contributed by atoms with van der Waals surface area (Å²) in [5.74, 6) is 0.679. The maximum Gasteiger partial charge on any atom is 0.161 e. The first-order valence-electron chi connectivity index (χ1n) is 19.8. The highest BCUT2D eigenvalue weighted by molar-refractivity contribution is 7.26. The van der Waals surface area contributed by atoms with Crippen LogP contribution in [0.1, 0.15) is 0 Å². The van der Waals surface area contributed by atoms with E-state index in [4.69, 9.17) is 14.4 Å². The van der Waals surface area contributed by atoms with Gasteiger partial charge in [-0.15, -0.1) is 11.3 Å². The fourth-order valence-electron chi connectivity index (χ4n) is 8.58. The summed E-state index contributed by atoms with van der Waals surface area (Å²) in [5.41, 5.74) is 11.0. The number of aromatic nitrogens is 2. The molecular weight excluding hydrogens is 739 g/mol. The molecule has 3 heterocycles. The van der Waals surface area contributed by atoms with Gasteiger partial charge in [0, 0.05) is 55.1 Å². The molecule has 0 amide bonds. The van der Waals surface area contributed by atoms with Gasteiger partial charge in [0.25, 0.3) is 0 Å². The van der Waals surface area contributed by atoms with E-state index in [1.165, 1.54) is 37.4 Å². The average molecular weight is 772 g/mol. The lowest BCUT2D eigenvalue weighted by Gasteiger charge is -2.26. The zero-order chi connectivity index (χ0) is 38.9. The van der Waals surface area contributed by atoms with Crippen molar-refractivity contribution in [2.75, 3.05) is 4.90 Å². The van der Waals surface area contributed by atoms with Crippen LogP contribution >= 0.6 is 11.3 Å². The molecule has 0 spiro atoms. The molecule has 0 aliphatic carbocycles. The zero-order valence-corrected chi connectivity index (χ0v) is 32.5. The van der Waals surface area contributed by atoms with Crippen LogP contribution in [-0.4, -0.2) is 9.97 Å². The molecule has 9 aromatic carbocycles. The molecule has 0 bridgehead atoms. The summed E-state index contributed by atoms with van der Waals surface area (Å²) in [5, 5.41) is 7.93. The van der Waals surface area contributed by atoms with Crippen LogP contribution < -0.4 is 4.90 Å². The Morgan fingerprint density at radius 1 is 0.424 bits per heavy atom. The summed E-state index contributed by atoms with van der Waals surface area (Å²) in [7, 11) is 0. The molecule has 4 nitrogen and oxygen atoms in total. The molecule has 0 saturated heterocycles. The molecular formula is C54H33N3OS. The van der Waals surface area contributed by atoms with Gasteiger partial charge in [0.05, 0.1) is 15.9 Å². The zero-order valence-electron chi connectivity index (χ0n) is 31.7. The maximum atomic E-state index is 6.75. The van der Waals surface area contributed by atoms with E-state index in [9.17, 15) is 0 Å². The normalized spacial score (nSPS) is 11.7. The molecule has 5 heteroatoms. The van der Waals surface area contributed by atoms with Crippen molar-refractivity contribution in [3.8, 4) is 33.8 Å². The monoisotopic (exact) mass is 771 g/mol. The predicted molar refractivity (Wildman–Crippen MR) is 248 cm³/mol. The van der Waals surface area contributed by atoms with E-state index in [2.05, 4.69) is 193 Å². The second-order valence-electron chi connectivity index (χ2n) is 15.0. The summed E-state index contributed by atoms with van der Waals surface area (Å²) in [6.07, 6.45) is 0. The smallest absolute Gasteiger partial charge is 0.161 e. The van der Waals surface area contributed by atoms with Crippen molar-refractivity contribution in [2.45, 2.75) is 0 Å². The molecule has 0 unspecified atom stereocenters. The van der Waals surface area contributed by atoms with E-state index in [1.807, 2.05) is 12.1 Å². The topological polar surface area (TPSA) is 42.2 Å². The Kier molecular flexibility index (Phi) is 7.68. The molecule has 3 aromatic heterocycles. The lowest BCUT2D eigenvalue weighted by molar-refractivity contribution is 0.669. The molecule has 0 aliphatic heterocycles. The lowest BCUT2D eigenvalue weighted by Crippen LogP contribution is -2.09. The minimum absolute atomic E-state index is 0.679. The molecule has 0 N–H and O–H groups in total. The Morgan fingerprint density at radius 2 is 1.07 bits per heavy atom. The molecule has 12 aromatic rings. The van der Waals surface area contributed by atoms with E-state index in [0.29, 0.717) is 5.82 Å². The molecule has 12 rings (SSSR count). The molecule has 276 valence electrons. The standard InChI is InChI=1S/C54H33N3OS/c1-2-11-34(12-3-1)37-23-26-41(27-24-37)57(42-28-25-36-14-5-7-16-39(36)32-42)43-29-30-44-48(33-43)58-47-19-10-18-46(50(44)47)54-55-51(40-22-21-35-13-4-6-15-38(35)31-40)53-52(56-54)45-17-8-9-20-49(45)59-53/h1-33H. The second kappa shape index (κ2) is 13.5. The van der Waals surface area contributed by atoms with Crippen LogP contribution in [0.4, 0.5) is 17.1 Å². The van der Waals surface area contributed by atoms with Crippen LogP contribution in [-0.2, 0) is 0 Å². The van der Waals surface area contributed by atoms with Crippen molar-refractivity contribution in [3.05, 3.63) is 200 Å². The summed E-state index contributed by atoms with van der Waals surface area (Å²) >= 11 is 1.75. The Hall–Kier alpha value is -7.60. The number of hydrogen-bond acceptors (Lipinski definition) is 5. The third-order valence-electron chi connectivity index (χ3n) is 11.4. The minimum Gasteiger partial charge on any atom is -0.456 e. The van der Waals surface area contributed by atoms with Gasteiger partial charge < -0.3 is 9.32 Å². The van der Waals surface area contributed by atoms with Gasteiger partial charge in [-0.2, -0.15) is 0 Å². The van der Waals surface area contributed by atoms with Crippen LogP contribution in [0.2, 0.25) is 0 Å². The van der Waals surface area contributed by atoms with E-state index >= 15 is 0 Å². The SMILES string of the molecule is c1ccc(-c2ccc(N(c3ccc4ccccc4c3)c3ccc4c(c3)oc3cccc(-c5nc(-c6ccc7ccccc7c6)c6sc7ccccc7c6n5)c34)cc2)cc1. The number of nitrogens with zero attached hydrogens (tertiary/aromatic N) is 3. The maximum absolute atomic E-state index is 6.75. The van der Waals surface area contributed by atoms with Gasteiger partial charge in [-0.1, -0.05) is 140 Å². The first kappa shape index (κ1) is 33.5. The van der Waals surface area contributed by atoms with Gasteiger partial charge >= 0.3 is 0 Å². The molecule has 0 saturated carbocycles. The molecule has 0 fully saturated rings. The second-order valence-corrected chi connectivity index (χ2v) is 16.0. The predicted octanol–water partition coefficient (Wildman–Crippen LogP) is 15.5. The Balaban J connectivity index is 1.03. The largest absolute Gasteiger partial charge is 0.456 e. The summed E-state index contributed by atoms with van der Waals surface area (Å²) < 4.78 is 9.03. The Morgan fingerprint density at radius 3 is 1.90 bits per heavy atom. The Bertz CT molecular complexity index is 3570. The van der Waals surface area contributed by atoms with Crippen molar-refractivity contribution in [1.29, 1.82) is 0 Å². The number of rotatable bonds is 6. The number of thiophene rings is 1. The lowest BCUT2D eigenvalue weighted by atomic mass is 10.0. The van der Waals surface area contributed by atoms with Crippen molar-refractivity contribution < 1.29 is 4.42 Å². The highest BCUT2D eigenvalue weighted by Gasteiger charge is 2.22. The van der Waals surface area contributed by atoms with Crippen LogP contribution in [0, 0.1) is 0 Å². The summed E-state index contributed by atoms with van der Waals surface area (Å²) in [6.45, 7) is 0. The van der Waals surface area contributed by atoms with Crippen molar-refractivity contribution in [3.63, 3.8) is 0 Å². The van der Waals surface area contributed by atoms with E-state index in [1.54, 1.807) is 11.3 Å². The molecule has 0 radical (unpaired) electrons. The van der Waals surface area contributed by atoms with Gasteiger partial charge in [0.2, 0.25) is 0 Å². The van der Waals surface area contributed by atoms with Crippen LogP contribution in [0.15, 0.2) is 205 Å². The number of anilines is 3. The van der Waals surface area contributed by atoms with Gasteiger partial charge in [-0.3, -0.25) is 0 Å². The number of hydrogen-bond donors (Lipinski definition) is 0. The minimum atomic E-state index is 0.679. The quantitative estimate of drug-likeness (QED) is 0.169. The number of furan rings is 1. The van der Waals surface area contributed by atoms with E-state index in [0.717, 1.165) is 71.4 Å². The van der Waals surface area contributed by atoms with Crippen LogP contribution in [0.5, 0.6) is 0 Å². The third kappa shape index (κ3) is 5.66. The van der Waals surface area contributed by atoms with Gasteiger partial charge in [0.15, 0.2) is 5.82 Å². The van der Waals surface area contributed by atoms with Crippen molar-refractivity contribution >= 4 is 92.2 Å². The van der Waals surface area contributed by atoms with Gasteiger partial charge in [0.1, 0.15) is 11.2 Å². The van der Waals surface area contributed by atoms with E-state index in [-0.39, 0.29) is 0 Å². The summed E-state index contributed by atoms with van der Waals surface area (Å²) in [6, 6.07) is 70.9. The van der Waals surface area contributed by atoms with Crippen LogP contribution in [0.25, 0.3) is 97.6 Å². The summed E-state index contributed by atoms with van der Waals surface area (Å²) in [4.78, 5) is 13.1. The van der Waals surface area contributed by atoms with Crippen LogP contribution in [0.3, 0.4) is 0 Å².